The quantitative estimate of drug-likeness (QED) is 0.598. The van der Waals surface area contributed by atoms with Crippen molar-refractivity contribution in [2.75, 3.05) is 5.32 Å². The Bertz CT molecular complexity index is 936. The number of rotatable bonds is 4. The fraction of sp³-hybridized carbons (Fsp3) is 0. The van der Waals surface area contributed by atoms with Crippen LogP contribution in [0.3, 0.4) is 0 Å². The van der Waals surface area contributed by atoms with Gasteiger partial charge in [-0.1, -0.05) is 30.3 Å². The van der Waals surface area contributed by atoms with Gasteiger partial charge in [0.25, 0.3) is 0 Å². The maximum Gasteiger partial charge on any atom is 0.160 e. The second-order valence-corrected chi connectivity index (χ2v) is 4.89. The van der Waals surface area contributed by atoms with Gasteiger partial charge in [0.1, 0.15) is 17.9 Å². The number of fused-ring (bicyclic) bond motifs is 1. The number of nitrogens with one attached hydrogen (secondary N) is 2. The van der Waals surface area contributed by atoms with E-state index in [0.717, 1.165) is 16.8 Å². The van der Waals surface area contributed by atoms with Gasteiger partial charge >= 0.3 is 0 Å². The summed E-state index contributed by atoms with van der Waals surface area (Å²) in [6.07, 6.45) is 3.18. The van der Waals surface area contributed by atoms with E-state index in [1.807, 2.05) is 54.6 Å². The van der Waals surface area contributed by atoms with Crippen LogP contribution in [-0.4, -0.2) is 20.2 Å². The largest absolute Gasteiger partial charge is 0.455 e. The molecule has 0 atom stereocenters. The Morgan fingerprint density at radius 1 is 0.913 bits per heavy atom. The molecule has 6 heteroatoms. The Labute approximate surface area is 132 Å². The molecule has 6 nitrogen and oxygen atoms in total. The number of hydrogen-bond acceptors (Lipinski definition) is 5. The molecule has 0 amide bonds. The average molecular weight is 303 g/mol. The second kappa shape index (κ2) is 5.76. The minimum Gasteiger partial charge on any atom is -0.455 e. The molecular weight excluding hydrogens is 290 g/mol. The molecule has 0 radical (unpaired) electrons. The van der Waals surface area contributed by atoms with Gasteiger partial charge in [0.15, 0.2) is 11.4 Å². The molecule has 2 aromatic heterocycles. The highest BCUT2D eigenvalue weighted by Gasteiger charge is 2.09. The zero-order chi connectivity index (χ0) is 15.5. The van der Waals surface area contributed by atoms with Gasteiger partial charge in [-0.05, 0) is 24.3 Å². The molecule has 4 aromatic rings. The molecule has 0 saturated carbocycles. The molecule has 2 aromatic carbocycles. The van der Waals surface area contributed by atoms with Crippen LogP contribution in [0.4, 0.5) is 11.5 Å². The van der Waals surface area contributed by atoms with Crippen LogP contribution in [0.25, 0.3) is 11.0 Å². The van der Waals surface area contributed by atoms with Gasteiger partial charge in [-0.3, -0.25) is 5.10 Å². The van der Waals surface area contributed by atoms with Crippen molar-refractivity contribution in [3.8, 4) is 11.5 Å². The summed E-state index contributed by atoms with van der Waals surface area (Å²) in [5.74, 6) is 2.17. The van der Waals surface area contributed by atoms with E-state index in [1.165, 1.54) is 6.33 Å². The van der Waals surface area contributed by atoms with Crippen LogP contribution >= 0.6 is 0 Å². The monoisotopic (exact) mass is 303 g/mol. The standard InChI is InChI=1S/C17H13N5O/c1-2-6-12(7-3-1)23-15-9-5-4-8-14(15)21-16-13-10-20-22-17(13)19-11-18-16/h1-11H,(H2,18,19,20,21,22). The second-order valence-electron chi connectivity index (χ2n) is 4.89. The van der Waals surface area contributed by atoms with E-state index in [0.29, 0.717) is 17.2 Å². The van der Waals surface area contributed by atoms with Gasteiger partial charge in [-0.2, -0.15) is 5.10 Å². The van der Waals surface area contributed by atoms with Crippen molar-refractivity contribution in [2.45, 2.75) is 0 Å². The van der Waals surface area contributed by atoms with Crippen molar-refractivity contribution >= 4 is 22.5 Å². The number of benzene rings is 2. The molecule has 23 heavy (non-hydrogen) atoms. The number of para-hydroxylation sites is 3. The number of hydrogen-bond donors (Lipinski definition) is 2. The summed E-state index contributed by atoms with van der Waals surface area (Å²) < 4.78 is 5.95. The minimum atomic E-state index is 0.674. The fourth-order valence-corrected chi connectivity index (χ4v) is 2.27. The molecule has 0 aliphatic rings. The highest BCUT2D eigenvalue weighted by atomic mass is 16.5. The van der Waals surface area contributed by atoms with Crippen molar-refractivity contribution in [3.63, 3.8) is 0 Å². The molecule has 0 spiro atoms. The van der Waals surface area contributed by atoms with Crippen LogP contribution < -0.4 is 10.1 Å². The minimum absolute atomic E-state index is 0.674. The van der Waals surface area contributed by atoms with E-state index >= 15 is 0 Å². The van der Waals surface area contributed by atoms with Gasteiger partial charge in [0.2, 0.25) is 0 Å². The van der Waals surface area contributed by atoms with Gasteiger partial charge in [-0.25, -0.2) is 9.97 Å². The summed E-state index contributed by atoms with van der Waals surface area (Å²) in [5, 5.41) is 10.9. The first-order valence-electron chi connectivity index (χ1n) is 7.13. The number of nitrogens with zero attached hydrogens (tertiary/aromatic N) is 3. The summed E-state index contributed by atoms with van der Waals surface area (Å²) in [4.78, 5) is 8.42. The van der Waals surface area contributed by atoms with E-state index in [2.05, 4.69) is 25.5 Å². The first-order chi connectivity index (χ1) is 11.4. The number of ether oxygens (including phenoxy) is 1. The maximum atomic E-state index is 5.95. The van der Waals surface area contributed by atoms with Gasteiger partial charge in [0, 0.05) is 0 Å². The lowest BCUT2D eigenvalue weighted by Crippen LogP contribution is -1.97. The summed E-state index contributed by atoms with van der Waals surface area (Å²) in [6, 6.07) is 17.4. The molecule has 0 fully saturated rings. The predicted octanol–water partition coefficient (Wildman–Crippen LogP) is 3.89. The van der Waals surface area contributed by atoms with Crippen molar-refractivity contribution in [2.24, 2.45) is 0 Å². The van der Waals surface area contributed by atoms with Crippen LogP contribution in [0.1, 0.15) is 0 Å². The predicted molar refractivity (Wildman–Crippen MR) is 87.9 cm³/mol. The van der Waals surface area contributed by atoms with Gasteiger partial charge < -0.3 is 10.1 Å². The van der Waals surface area contributed by atoms with Gasteiger partial charge in [0.05, 0.1) is 17.3 Å². The average Bonchev–Trinajstić information content (AvgIpc) is 3.07. The Hall–Kier alpha value is -3.41. The summed E-state index contributed by atoms with van der Waals surface area (Å²) >= 11 is 0. The van der Waals surface area contributed by atoms with E-state index in [9.17, 15) is 0 Å². The molecule has 0 aliphatic carbocycles. The number of aromatic amines is 1. The fourth-order valence-electron chi connectivity index (χ4n) is 2.27. The SMILES string of the molecule is c1ccc(Oc2ccccc2Nc2ncnc3[nH]ncc23)cc1. The third-order valence-electron chi connectivity index (χ3n) is 3.36. The van der Waals surface area contributed by atoms with Crippen LogP contribution in [0.2, 0.25) is 0 Å². The van der Waals surface area contributed by atoms with Crippen molar-refractivity contribution in [3.05, 3.63) is 67.1 Å². The highest BCUT2D eigenvalue weighted by Crippen LogP contribution is 2.32. The molecular formula is C17H13N5O. The van der Waals surface area contributed by atoms with Gasteiger partial charge in [-0.15, -0.1) is 0 Å². The lowest BCUT2D eigenvalue weighted by Gasteiger charge is -2.12. The smallest absolute Gasteiger partial charge is 0.160 e. The Kier molecular flexibility index (Phi) is 3.32. The Morgan fingerprint density at radius 3 is 2.65 bits per heavy atom. The lowest BCUT2D eigenvalue weighted by atomic mass is 10.2. The molecule has 4 rings (SSSR count). The number of H-pyrrole nitrogens is 1. The molecule has 2 heterocycles. The molecule has 0 unspecified atom stereocenters. The first kappa shape index (κ1) is 13.3. The lowest BCUT2D eigenvalue weighted by molar-refractivity contribution is 0.485. The Balaban J connectivity index is 1.68. The molecule has 112 valence electrons. The number of anilines is 2. The van der Waals surface area contributed by atoms with Crippen molar-refractivity contribution < 1.29 is 4.74 Å². The van der Waals surface area contributed by atoms with Crippen LogP contribution in [0.15, 0.2) is 67.1 Å². The van der Waals surface area contributed by atoms with Crippen LogP contribution in [0, 0.1) is 0 Å². The number of aromatic nitrogens is 4. The normalized spacial score (nSPS) is 10.6. The zero-order valence-corrected chi connectivity index (χ0v) is 12.1. The third kappa shape index (κ3) is 2.69. The highest BCUT2D eigenvalue weighted by molar-refractivity contribution is 5.88. The first-order valence-corrected chi connectivity index (χ1v) is 7.13. The Morgan fingerprint density at radius 2 is 1.74 bits per heavy atom. The summed E-state index contributed by atoms with van der Waals surface area (Å²) in [6.45, 7) is 0. The van der Waals surface area contributed by atoms with Crippen LogP contribution in [-0.2, 0) is 0 Å². The van der Waals surface area contributed by atoms with Crippen molar-refractivity contribution in [1.29, 1.82) is 0 Å². The third-order valence-corrected chi connectivity index (χ3v) is 3.36. The zero-order valence-electron chi connectivity index (χ0n) is 12.1. The maximum absolute atomic E-state index is 5.95. The molecule has 2 N–H and O–H groups in total. The van der Waals surface area contributed by atoms with Crippen LogP contribution in [0.5, 0.6) is 11.5 Å². The van der Waals surface area contributed by atoms with E-state index in [1.54, 1.807) is 6.20 Å². The summed E-state index contributed by atoms with van der Waals surface area (Å²) in [5.41, 5.74) is 1.50. The topological polar surface area (TPSA) is 75.7 Å². The van der Waals surface area contributed by atoms with E-state index in [4.69, 9.17) is 4.74 Å². The molecule has 0 aliphatic heterocycles. The van der Waals surface area contributed by atoms with Crippen molar-refractivity contribution in [1.82, 2.24) is 20.2 Å². The molecule has 0 bridgehead atoms. The van der Waals surface area contributed by atoms with E-state index < -0.39 is 0 Å². The molecule has 0 saturated heterocycles. The summed E-state index contributed by atoms with van der Waals surface area (Å²) in [7, 11) is 0. The van der Waals surface area contributed by atoms with E-state index in [-0.39, 0.29) is 0 Å².